The minimum absolute atomic E-state index is 0.126. The summed E-state index contributed by atoms with van der Waals surface area (Å²) in [7, 11) is 3.05. The molecule has 1 aromatic heterocycles. The van der Waals surface area contributed by atoms with Crippen LogP contribution in [-0.2, 0) is 17.8 Å². The standard InChI is InChI=1S/C27H26ClN3O4S/c1-34-23-14-21-22(15-24(23)35-2)30-27(31(26(21)33)16-19-8-10-20(28)11-9-19)36-17-25(32)29-13-12-18-6-4-3-5-7-18/h3-11,14-15H,12-13,16-17H2,1-2H3,(H,29,32). The van der Waals surface area contributed by atoms with Crippen LogP contribution in [0.2, 0.25) is 5.02 Å². The molecule has 0 bridgehead atoms. The topological polar surface area (TPSA) is 82.5 Å². The van der Waals surface area contributed by atoms with Gasteiger partial charge in [-0.15, -0.1) is 0 Å². The van der Waals surface area contributed by atoms with Crippen LogP contribution in [0.15, 0.2) is 76.7 Å². The van der Waals surface area contributed by atoms with Crippen LogP contribution in [0.4, 0.5) is 0 Å². The number of nitrogens with one attached hydrogen (secondary N) is 1. The Labute approximate surface area is 218 Å². The highest BCUT2D eigenvalue weighted by Crippen LogP contribution is 2.31. The first-order chi connectivity index (χ1) is 17.5. The lowest BCUT2D eigenvalue weighted by Crippen LogP contribution is -2.28. The van der Waals surface area contributed by atoms with Crippen molar-refractivity contribution in [2.24, 2.45) is 0 Å². The Morgan fingerprint density at radius 1 is 1.00 bits per heavy atom. The van der Waals surface area contributed by atoms with Gasteiger partial charge in [-0.3, -0.25) is 14.2 Å². The minimum Gasteiger partial charge on any atom is -0.493 e. The van der Waals surface area contributed by atoms with Crippen molar-refractivity contribution in [1.29, 1.82) is 0 Å². The third kappa shape index (κ3) is 6.19. The molecule has 0 aliphatic carbocycles. The van der Waals surface area contributed by atoms with Crippen molar-refractivity contribution < 1.29 is 14.3 Å². The van der Waals surface area contributed by atoms with Crippen LogP contribution in [0, 0.1) is 0 Å². The Kier molecular flexibility index (Phi) is 8.51. The van der Waals surface area contributed by atoms with E-state index in [0.29, 0.717) is 39.1 Å². The second kappa shape index (κ2) is 12.0. The molecule has 4 rings (SSSR count). The van der Waals surface area contributed by atoms with Gasteiger partial charge in [-0.2, -0.15) is 0 Å². The van der Waals surface area contributed by atoms with Crippen LogP contribution in [0.5, 0.6) is 11.5 Å². The molecule has 0 aliphatic rings. The van der Waals surface area contributed by atoms with Gasteiger partial charge in [0.15, 0.2) is 16.7 Å². The first-order valence-electron chi connectivity index (χ1n) is 11.3. The Bertz CT molecular complexity index is 1410. The monoisotopic (exact) mass is 523 g/mol. The lowest BCUT2D eigenvalue weighted by Gasteiger charge is -2.15. The van der Waals surface area contributed by atoms with E-state index in [9.17, 15) is 9.59 Å². The summed E-state index contributed by atoms with van der Waals surface area (Å²) in [6.07, 6.45) is 0.744. The zero-order chi connectivity index (χ0) is 25.5. The number of amides is 1. The van der Waals surface area contributed by atoms with Crippen LogP contribution in [0.1, 0.15) is 11.1 Å². The number of hydrogen-bond donors (Lipinski definition) is 1. The number of ether oxygens (including phenoxy) is 2. The van der Waals surface area contributed by atoms with Gasteiger partial charge in [-0.05, 0) is 35.7 Å². The number of hydrogen-bond acceptors (Lipinski definition) is 6. The number of carbonyl (C=O) groups excluding carboxylic acids is 1. The van der Waals surface area contributed by atoms with Crippen LogP contribution >= 0.6 is 23.4 Å². The molecule has 7 nitrogen and oxygen atoms in total. The SMILES string of the molecule is COc1cc2nc(SCC(=O)NCCc3ccccc3)n(Cc3ccc(Cl)cc3)c(=O)c2cc1OC. The molecular weight excluding hydrogens is 498 g/mol. The lowest BCUT2D eigenvalue weighted by molar-refractivity contribution is -0.118. The smallest absolute Gasteiger partial charge is 0.262 e. The molecule has 1 amide bonds. The largest absolute Gasteiger partial charge is 0.493 e. The summed E-state index contributed by atoms with van der Waals surface area (Å²) in [5.74, 6) is 0.915. The molecule has 1 heterocycles. The van der Waals surface area contributed by atoms with Crippen LogP contribution in [-0.4, -0.2) is 42.0 Å². The molecule has 36 heavy (non-hydrogen) atoms. The number of nitrogens with zero attached hydrogens (tertiary/aromatic N) is 2. The maximum atomic E-state index is 13.5. The Morgan fingerprint density at radius 2 is 1.69 bits per heavy atom. The first-order valence-corrected chi connectivity index (χ1v) is 12.7. The number of halogens is 1. The van der Waals surface area contributed by atoms with E-state index in [1.54, 1.807) is 28.8 Å². The molecule has 186 valence electrons. The molecular formula is C27H26ClN3O4S. The predicted molar refractivity (Wildman–Crippen MR) is 144 cm³/mol. The quantitative estimate of drug-likeness (QED) is 0.242. The maximum absolute atomic E-state index is 13.5. The second-order valence-corrected chi connectivity index (χ2v) is 9.39. The van der Waals surface area contributed by atoms with E-state index in [1.165, 1.54) is 26.0 Å². The predicted octanol–water partition coefficient (Wildman–Crippen LogP) is 4.57. The zero-order valence-corrected chi connectivity index (χ0v) is 21.6. The maximum Gasteiger partial charge on any atom is 0.262 e. The van der Waals surface area contributed by atoms with Crippen LogP contribution < -0.4 is 20.3 Å². The van der Waals surface area contributed by atoms with Crippen molar-refractivity contribution >= 4 is 40.2 Å². The molecule has 0 radical (unpaired) electrons. The van der Waals surface area contributed by atoms with E-state index in [0.717, 1.165) is 17.5 Å². The van der Waals surface area contributed by atoms with E-state index in [2.05, 4.69) is 5.32 Å². The normalized spacial score (nSPS) is 10.9. The van der Waals surface area contributed by atoms with Gasteiger partial charge >= 0.3 is 0 Å². The van der Waals surface area contributed by atoms with E-state index >= 15 is 0 Å². The Hall–Kier alpha value is -3.49. The van der Waals surface area contributed by atoms with Gasteiger partial charge < -0.3 is 14.8 Å². The molecule has 0 unspecified atom stereocenters. The molecule has 3 aromatic carbocycles. The average Bonchev–Trinajstić information content (AvgIpc) is 2.90. The second-order valence-electron chi connectivity index (χ2n) is 8.01. The number of rotatable bonds is 10. The molecule has 4 aromatic rings. The van der Waals surface area contributed by atoms with Crippen molar-refractivity contribution in [3.8, 4) is 11.5 Å². The Balaban J connectivity index is 1.59. The number of thioether (sulfide) groups is 1. The third-order valence-corrected chi connectivity index (χ3v) is 6.82. The van der Waals surface area contributed by atoms with Crippen molar-refractivity contribution in [3.05, 3.63) is 93.2 Å². The number of carbonyl (C=O) groups is 1. The van der Waals surface area contributed by atoms with Gasteiger partial charge in [0.05, 0.1) is 37.4 Å². The lowest BCUT2D eigenvalue weighted by atomic mass is 10.1. The van der Waals surface area contributed by atoms with Gasteiger partial charge in [0.25, 0.3) is 5.56 Å². The number of benzene rings is 3. The molecule has 1 N–H and O–H groups in total. The van der Waals surface area contributed by atoms with Gasteiger partial charge in [0.2, 0.25) is 5.91 Å². The van der Waals surface area contributed by atoms with Crippen molar-refractivity contribution in [2.45, 2.75) is 18.1 Å². The van der Waals surface area contributed by atoms with E-state index in [1.807, 2.05) is 42.5 Å². The fraction of sp³-hybridized carbons (Fsp3) is 0.222. The molecule has 0 fully saturated rings. The highest BCUT2D eigenvalue weighted by Gasteiger charge is 2.17. The van der Waals surface area contributed by atoms with Crippen molar-refractivity contribution in [1.82, 2.24) is 14.9 Å². The minimum atomic E-state index is -0.233. The molecule has 0 saturated heterocycles. The summed E-state index contributed by atoms with van der Waals surface area (Å²) in [5.41, 5.74) is 2.28. The van der Waals surface area contributed by atoms with Crippen molar-refractivity contribution in [3.63, 3.8) is 0 Å². The van der Waals surface area contributed by atoms with E-state index in [-0.39, 0.29) is 23.8 Å². The van der Waals surface area contributed by atoms with Gasteiger partial charge in [-0.1, -0.05) is 65.8 Å². The first kappa shape index (κ1) is 25.6. The summed E-state index contributed by atoms with van der Waals surface area (Å²) < 4.78 is 12.3. The number of methoxy groups -OCH3 is 2. The molecule has 0 aliphatic heterocycles. The fourth-order valence-electron chi connectivity index (χ4n) is 3.72. The van der Waals surface area contributed by atoms with Gasteiger partial charge in [-0.25, -0.2) is 4.98 Å². The van der Waals surface area contributed by atoms with Gasteiger partial charge in [0, 0.05) is 17.6 Å². The average molecular weight is 524 g/mol. The summed E-state index contributed by atoms with van der Waals surface area (Å²) in [5, 5.41) is 4.39. The van der Waals surface area contributed by atoms with Gasteiger partial charge in [0.1, 0.15) is 0 Å². The highest BCUT2D eigenvalue weighted by atomic mass is 35.5. The molecule has 0 atom stereocenters. The van der Waals surface area contributed by atoms with Crippen LogP contribution in [0.25, 0.3) is 10.9 Å². The van der Waals surface area contributed by atoms with Crippen molar-refractivity contribution in [2.75, 3.05) is 26.5 Å². The highest BCUT2D eigenvalue weighted by molar-refractivity contribution is 7.99. The van der Waals surface area contributed by atoms with E-state index < -0.39 is 0 Å². The fourth-order valence-corrected chi connectivity index (χ4v) is 4.68. The molecule has 9 heteroatoms. The summed E-state index contributed by atoms with van der Waals surface area (Å²) in [4.78, 5) is 30.8. The summed E-state index contributed by atoms with van der Waals surface area (Å²) in [6.45, 7) is 0.814. The zero-order valence-electron chi connectivity index (χ0n) is 20.0. The number of fused-ring (bicyclic) bond motifs is 1. The molecule has 0 spiro atoms. The summed E-state index contributed by atoms with van der Waals surface area (Å²) >= 11 is 7.25. The summed E-state index contributed by atoms with van der Waals surface area (Å²) in [6, 6.07) is 20.5. The Morgan fingerprint density at radius 3 is 2.39 bits per heavy atom. The molecule has 0 saturated carbocycles. The number of aromatic nitrogens is 2. The third-order valence-electron chi connectivity index (χ3n) is 5.59. The van der Waals surface area contributed by atoms with E-state index in [4.69, 9.17) is 26.1 Å². The van der Waals surface area contributed by atoms with Crippen LogP contribution in [0.3, 0.4) is 0 Å².